The Kier molecular flexibility index (Phi) is 4.21. The summed E-state index contributed by atoms with van der Waals surface area (Å²) in [6.45, 7) is 1.56. The van der Waals surface area contributed by atoms with Crippen LogP contribution >= 0.6 is 0 Å². The molecular weight excluding hydrogens is 150 g/mol. The number of ether oxygens (including phenoxy) is 1. The average molecular weight is 161 g/mol. The van der Waals surface area contributed by atoms with Crippen LogP contribution in [-0.2, 0) is 14.3 Å². The first-order valence-electron chi connectivity index (χ1n) is 3.08. The van der Waals surface area contributed by atoms with Crippen molar-refractivity contribution in [1.82, 2.24) is 5.32 Å². The zero-order valence-electron chi connectivity index (χ0n) is 6.40. The van der Waals surface area contributed by atoms with Crippen LogP contribution in [0.1, 0.15) is 6.92 Å². The molecule has 0 aromatic heterocycles. The van der Waals surface area contributed by atoms with Crippen molar-refractivity contribution in [2.24, 2.45) is 0 Å². The largest absolute Gasteiger partial charge is 0.480 e. The van der Waals surface area contributed by atoms with Crippen LogP contribution in [0.4, 0.5) is 0 Å². The van der Waals surface area contributed by atoms with E-state index in [2.05, 4.69) is 5.32 Å². The number of nitrogens with one attached hydrogen (secondary N) is 1. The fourth-order valence-electron chi connectivity index (χ4n) is 0.617. The van der Waals surface area contributed by atoms with Gasteiger partial charge in [0.15, 0.2) is 6.04 Å². The van der Waals surface area contributed by atoms with Gasteiger partial charge in [-0.15, -0.1) is 0 Å². The van der Waals surface area contributed by atoms with E-state index in [-0.39, 0.29) is 0 Å². The highest BCUT2D eigenvalue weighted by Gasteiger charge is 2.23. The molecule has 0 spiro atoms. The fourth-order valence-corrected chi connectivity index (χ4v) is 0.617. The molecule has 0 aliphatic rings. The van der Waals surface area contributed by atoms with E-state index in [9.17, 15) is 9.59 Å². The fraction of sp³-hybridized carbons (Fsp3) is 0.667. The van der Waals surface area contributed by atoms with Gasteiger partial charge in [-0.3, -0.25) is 4.79 Å². The quantitative estimate of drug-likeness (QED) is 0.519. The number of methoxy groups -OCH3 is 1. The number of amides is 1. The number of carboxylic acids is 1. The molecule has 5 heteroatoms. The molecule has 0 aliphatic heterocycles. The summed E-state index contributed by atoms with van der Waals surface area (Å²) in [5.74, 6) is -1.11. The minimum Gasteiger partial charge on any atom is -0.480 e. The predicted molar refractivity (Wildman–Crippen MR) is 37.1 cm³/mol. The molecule has 11 heavy (non-hydrogen) atoms. The Bertz CT molecular complexity index is 148. The first kappa shape index (κ1) is 9.90. The maximum Gasteiger partial charge on any atom is 0.328 e. The first-order chi connectivity index (χ1) is 5.13. The molecular formula is C6H11NO4. The molecule has 5 nitrogen and oxygen atoms in total. The predicted octanol–water partition coefficient (Wildman–Crippen LogP) is -0.779. The molecule has 0 saturated carbocycles. The number of aliphatic carboxylic acids is 1. The van der Waals surface area contributed by atoms with Crippen LogP contribution in [0.25, 0.3) is 0 Å². The van der Waals surface area contributed by atoms with Gasteiger partial charge >= 0.3 is 5.97 Å². The van der Waals surface area contributed by atoms with Gasteiger partial charge in [-0.2, -0.15) is 0 Å². The van der Waals surface area contributed by atoms with Crippen molar-refractivity contribution in [2.45, 2.75) is 19.1 Å². The maximum absolute atomic E-state index is 10.4. The van der Waals surface area contributed by atoms with E-state index in [0.717, 1.165) is 0 Å². The number of hydrogen-bond donors (Lipinski definition) is 2. The Morgan fingerprint density at radius 2 is 2.27 bits per heavy atom. The smallest absolute Gasteiger partial charge is 0.328 e. The molecule has 0 unspecified atom stereocenters. The monoisotopic (exact) mass is 161 g/mol. The normalized spacial score (nSPS) is 15.1. The van der Waals surface area contributed by atoms with Gasteiger partial charge in [0.25, 0.3) is 0 Å². The van der Waals surface area contributed by atoms with E-state index in [0.29, 0.717) is 6.41 Å². The molecule has 0 aromatic rings. The van der Waals surface area contributed by atoms with Gasteiger partial charge in [0.1, 0.15) is 0 Å². The minimum absolute atomic E-state index is 0.342. The molecule has 0 bridgehead atoms. The van der Waals surface area contributed by atoms with Crippen LogP contribution in [0, 0.1) is 0 Å². The summed E-state index contributed by atoms with van der Waals surface area (Å²) in [5.41, 5.74) is 0. The third-order valence-electron chi connectivity index (χ3n) is 1.35. The van der Waals surface area contributed by atoms with Gasteiger partial charge in [0.2, 0.25) is 6.41 Å². The lowest BCUT2D eigenvalue weighted by Crippen LogP contribution is -2.44. The maximum atomic E-state index is 10.4. The van der Waals surface area contributed by atoms with Crippen LogP contribution in [0.5, 0.6) is 0 Å². The van der Waals surface area contributed by atoms with E-state index in [4.69, 9.17) is 9.84 Å². The lowest BCUT2D eigenvalue weighted by Gasteiger charge is -2.17. The molecule has 0 saturated heterocycles. The third kappa shape index (κ3) is 2.99. The van der Waals surface area contributed by atoms with E-state index in [1.165, 1.54) is 7.11 Å². The van der Waals surface area contributed by atoms with Gasteiger partial charge in [-0.25, -0.2) is 4.79 Å². The lowest BCUT2D eigenvalue weighted by atomic mass is 10.2. The number of carboxylic acid groups (broad SMARTS) is 1. The molecule has 0 aromatic carbocycles. The van der Waals surface area contributed by atoms with Crippen molar-refractivity contribution in [3.63, 3.8) is 0 Å². The van der Waals surface area contributed by atoms with Crippen molar-refractivity contribution < 1.29 is 19.4 Å². The topological polar surface area (TPSA) is 75.6 Å². The summed E-state index contributed by atoms with van der Waals surface area (Å²) in [7, 11) is 1.38. The van der Waals surface area contributed by atoms with Crippen molar-refractivity contribution in [3.8, 4) is 0 Å². The molecule has 0 heterocycles. The lowest BCUT2D eigenvalue weighted by molar-refractivity contribution is -0.144. The zero-order valence-corrected chi connectivity index (χ0v) is 6.40. The first-order valence-corrected chi connectivity index (χ1v) is 3.08. The van der Waals surface area contributed by atoms with E-state index in [1.807, 2.05) is 0 Å². The molecule has 64 valence electrons. The molecule has 2 atom stereocenters. The summed E-state index contributed by atoms with van der Waals surface area (Å²) in [5, 5.41) is 10.6. The van der Waals surface area contributed by atoms with Crippen LogP contribution < -0.4 is 5.32 Å². The summed E-state index contributed by atoms with van der Waals surface area (Å²) < 4.78 is 4.72. The number of carbonyl (C=O) groups excluding carboxylic acids is 1. The summed E-state index contributed by atoms with van der Waals surface area (Å²) in [4.78, 5) is 20.3. The Morgan fingerprint density at radius 3 is 2.55 bits per heavy atom. The average Bonchev–Trinajstić information content (AvgIpc) is 1.98. The highest BCUT2D eigenvalue weighted by atomic mass is 16.5. The van der Waals surface area contributed by atoms with Gasteiger partial charge in [0, 0.05) is 7.11 Å². The van der Waals surface area contributed by atoms with E-state index >= 15 is 0 Å². The van der Waals surface area contributed by atoms with Gasteiger partial charge in [-0.1, -0.05) is 0 Å². The molecule has 1 amide bonds. The van der Waals surface area contributed by atoms with Crippen molar-refractivity contribution in [2.75, 3.05) is 7.11 Å². The second-order valence-corrected chi connectivity index (χ2v) is 2.04. The Labute approximate surface area is 64.3 Å². The number of carbonyl (C=O) groups is 2. The molecule has 0 aliphatic carbocycles. The van der Waals surface area contributed by atoms with E-state index < -0.39 is 18.1 Å². The second-order valence-electron chi connectivity index (χ2n) is 2.04. The van der Waals surface area contributed by atoms with Crippen LogP contribution in [0.2, 0.25) is 0 Å². The Balaban J connectivity index is 4.08. The number of rotatable bonds is 5. The van der Waals surface area contributed by atoms with Crippen LogP contribution in [0.15, 0.2) is 0 Å². The van der Waals surface area contributed by atoms with Crippen molar-refractivity contribution in [3.05, 3.63) is 0 Å². The van der Waals surface area contributed by atoms with Crippen LogP contribution in [0.3, 0.4) is 0 Å². The van der Waals surface area contributed by atoms with Gasteiger partial charge in [0.05, 0.1) is 6.10 Å². The molecule has 2 N–H and O–H groups in total. The van der Waals surface area contributed by atoms with Crippen molar-refractivity contribution >= 4 is 12.4 Å². The van der Waals surface area contributed by atoms with E-state index in [1.54, 1.807) is 6.92 Å². The second kappa shape index (κ2) is 4.68. The summed E-state index contributed by atoms with van der Waals surface area (Å²) in [6.07, 6.45) is -0.188. The zero-order chi connectivity index (χ0) is 8.85. The minimum atomic E-state index is -1.11. The van der Waals surface area contributed by atoms with Gasteiger partial charge in [-0.05, 0) is 6.92 Å². The Morgan fingerprint density at radius 1 is 1.73 bits per heavy atom. The molecule has 0 radical (unpaired) electrons. The van der Waals surface area contributed by atoms with Gasteiger partial charge < -0.3 is 15.2 Å². The molecule has 0 rings (SSSR count). The summed E-state index contributed by atoms with van der Waals surface area (Å²) >= 11 is 0. The SMILES string of the molecule is CO[C@@H](C)[C@H](NC=O)C(=O)O. The number of hydrogen-bond acceptors (Lipinski definition) is 3. The molecule has 0 fully saturated rings. The standard InChI is InChI=1S/C6H11NO4/c1-4(11-2)5(6(9)10)7-3-8/h3-5H,1-2H3,(H,7,8)(H,9,10)/t4-,5-/m0/s1. The Hall–Kier alpha value is -1.10. The summed E-state index contributed by atoms with van der Waals surface area (Å²) in [6, 6.07) is -0.975. The van der Waals surface area contributed by atoms with Crippen molar-refractivity contribution in [1.29, 1.82) is 0 Å². The highest BCUT2D eigenvalue weighted by molar-refractivity contribution is 5.76. The third-order valence-corrected chi connectivity index (χ3v) is 1.35. The highest BCUT2D eigenvalue weighted by Crippen LogP contribution is 1.95. The van der Waals surface area contributed by atoms with Crippen LogP contribution in [-0.4, -0.2) is 36.7 Å².